The smallest absolute Gasteiger partial charge is 0.255 e. The fraction of sp³-hybridized carbons (Fsp3) is 0.263. The van der Waals surface area contributed by atoms with Crippen LogP contribution in [0.2, 0.25) is 0 Å². The van der Waals surface area contributed by atoms with E-state index in [1.54, 1.807) is 12.1 Å². The lowest BCUT2D eigenvalue weighted by Gasteiger charge is -2.11. The zero-order chi connectivity index (χ0) is 17.6. The Morgan fingerprint density at radius 3 is 2.38 bits per heavy atom. The van der Waals surface area contributed by atoms with E-state index in [2.05, 4.69) is 16.0 Å². The maximum Gasteiger partial charge on any atom is 0.255 e. The number of nitrogens with one attached hydrogen (secondary N) is 3. The van der Waals surface area contributed by atoms with Crippen molar-refractivity contribution in [1.82, 2.24) is 10.6 Å². The second-order valence-electron chi connectivity index (χ2n) is 6.02. The zero-order valence-corrected chi connectivity index (χ0v) is 14.9. The molecule has 1 aliphatic heterocycles. The molecule has 0 spiro atoms. The maximum atomic E-state index is 12.9. The summed E-state index contributed by atoms with van der Waals surface area (Å²) in [4.78, 5) is 24.1. The van der Waals surface area contributed by atoms with Crippen LogP contribution in [0.5, 0.6) is 0 Å². The normalized spacial score (nSPS) is 15.8. The molecule has 5 nitrogen and oxygen atoms in total. The molecule has 138 valence electrons. The summed E-state index contributed by atoms with van der Waals surface area (Å²) in [6.45, 7) is 1.31. The summed E-state index contributed by atoms with van der Waals surface area (Å²) in [6, 6.07) is 12.5. The number of rotatable bonds is 5. The molecule has 1 saturated heterocycles. The number of hydrogen-bond donors (Lipinski definition) is 3. The van der Waals surface area contributed by atoms with E-state index in [9.17, 15) is 14.0 Å². The van der Waals surface area contributed by atoms with Crippen LogP contribution in [-0.4, -0.2) is 24.4 Å². The molecule has 3 rings (SSSR count). The first-order chi connectivity index (χ1) is 12.1. The first kappa shape index (κ1) is 19.9. The van der Waals surface area contributed by atoms with Gasteiger partial charge in [-0.05, 0) is 61.3 Å². The predicted molar refractivity (Wildman–Crippen MR) is 101 cm³/mol. The van der Waals surface area contributed by atoms with Crippen LogP contribution in [0, 0.1) is 5.82 Å². The molecule has 2 aromatic carbocycles. The summed E-state index contributed by atoms with van der Waals surface area (Å²) in [7, 11) is 0. The van der Waals surface area contributed by atoms with Crippen LogP contribution < -0.4 is 16.0 Å². The van der Waals surface area contributed by atoms with Gasteiger partial charge in [-0.25, -0.2) is 4.39 Å². The third-order valence-corrected chi connectivity index (χ3v) is 4.16. The van der Waals surface area contributed by atoms with Gasteiger partial charge in [0.25, 0.3) is 5.91 Å². The average molecular weight is 378 g/mol. The van der Waals surface area contributed by atoms with Crippen LogP contribution in [0.25, 0.3) is 0 Å². The van der Waals surface area contributed by atoms with Gasteiger partial charge in [0, 0.05) is 17.8 Å². The highest BCUT2D eigenvalue weighted by molar-refractivity contribution is 6.04. The van der Waals surface area contributed by atoms with Crippen molar-refractivity contribution in [3.63, 3.8) is 0 Å². The molecular weight excluding hydrogens is 357 g/mol. The minimum atomic E-state index is -0.350. The number of carbonyl (C=O) groups excluding carboxylic acids is 2. The number of hydrogen-bond acceptors (Lipinski definition) is 3. The van der Waals surface area contributed by atoms with Crippen LogP contribution in [0.15, 0.2) is 48.5 Å². The number of halogens is 2. The zero-order valence-electron chi connectivity index (χ0n) is 14.1. The van der Waals surface area contributed by atoms with Gasteiger partial charge in [-0.2, -0.15) is 0 Å². The number of anilines is 1. The van der Waals surface area contributed by atoms with Crippen LogP contribution in [-0.2, 0) is 11.3 Å². The Balaban J connectivity index is 0.00000243. The molecule has 0 aliphatic carbocycles. The highest BCUT2D eigenvalue weighted by atomic mass is 35.5. The summed E-state index contributed by atoms with van der Waals surface area (Å²) in [5.41, 5.74) is 1.95. The van der Waals surface area contributed by atoms with Crippen LogP contribution in [0.1, 0.15) is 28.8 Å². The molecule has 1 atom stereocenters. The Bertz CT molecular complexity index is 744. The minimum absolute atomic E-state index is 0. The van der Waals surface area contributed by atoms with Gasteiger partial charge in [-0.15, -0.1) is 12.4 Å². The Morgan fingerprint density at radius 2 is 1.77 bits per heavy atom. The lowest BCUT2D eigenvalue weighted by molar-refractivity contribution is -0.122. The van der Waals surface area contributed by atoms with Gasteiger partial charge in [0.1, 0.15) is 5.82 Å². The molecule has 1 heterocycles. The Hall–Kier alpha value is -2.44. The summed E-state index contributed by atoms with van der Waals surface area (Å²) < 4.78 is 12.9. The van der Waals surface area contributed by atoms with Crippen molar-refractivity contribution in [1.29, 1.82) is 0 Å². The van der Waals surface area contributed by atoms with E-state index in [0.29, 0.717) is 17.8 Å². The van der Waals surface area contributed by atoms with Crippen molar-refractivity contribution >= 4 is 29.9 Å². The van der Waals surface area contributed by atoms with Crippen LogP contribution in [0.3, 0.4) is 0 Å². The largest absolute Gasteiger partial charge is 0.351 e. The topological polar surface area (TPSA) is 70.2 Å². The molecule has 0 bridgehead atoms. The monoisotopic (exact) mass is 377 g/mol. The lowest BCUT2D eigenvalue weighted by atomic mass is 10.1. The Labute approximate surface area is 157 Å². The van der Waals surface area contributed by atoms with Crippen LogP contribution in [0.4, 0.5) is 10.1 Å². The number of amides is 2. The fourth-order valence-electron chi connectivity index (χ4n) is 2.73. The minimum Gasteiger partial charge on any atom is -0.351 e. The van der Waals surface area contributed by atoms with E-state index < -0.39 is 0 Å². The Morgan fingerprint density at radius 1 is 1.08 bits per heavy atom. The van der Waals surface area contributed by atoms with Gasteiger partial charge in [-0.1, -0.05) is 12.1 Å². The van der Waals surface area contributed by atoms with Crippen molar-refractivity contribution in [2.75, 3.05) is 11.9 Å². The van der Waals surface area contributed by atoms with Gasteiger partial charge in [0.2, 0.25) is 5.91 Å². The second-order valence-corrected chi connectivity index (χ2v) is 6.02. The molecule has 26 heavy (non-hydrogen) atoms. The molecule has 2 aromatic rings. The number of carbonyl (C=O) groups is 2. The molecule has 1 fully saturated rings. The molecule has 1 unspecified atom stereocenters. The van der Waals surface area contributed by atoms with Gasteiger partial charge >= 0.3 is 0 Å². The molecular formula is C19H21ClFN3O2. The third-order valence-electron chi connectivity index (χ3n) is 4.16. The van der Waals surface area contributed by atoms with Crippen molar-refractivity contribution < 1.29 is 14.0 Å². The van der Waals surface area contributed by atoms with Crippen LogP contribution >= 0.6 is 12.4 Å². The first-order valence-electron chi connectivity index (χ1n) is 8.29. The SMILES string of the molecule is Cl.O=C(Nc1ccc(F)cc1)c1ccc(CNC(=O)C2CCCN2)cc1. The maximum absolute atomic E-state index is 12.9. The lowest BCUT2D eigenvalue weighted by Crippen LogP contribution is -2.39. The second kappa shape index (κ2) is 9.31. The Kier molecular flexibility index (Phi) is 7.12. The van der Waals surface area contributed by atoms with E-state index in [-0.39, 0.29) is 36.1 Å². The standard InChI is InChI=1S/C19H20FN3O2.ClH/c20-15-7-9-16(10-8-15)23-18(24)14-5-3-13(4-6-14)12-22-19(25)17-2-1-11-21-17;/h3-10,17,21H,1-2,11-12H2,(H,22,25)(H,23,24);1H. The molecule has 0 saturated carbocycles. The van der Waals surface area contributed by atoms with Crippen molar-refractivity contribution in [3.8, 4) is 0 Å². The molecule has 2 amide bonds. The number of benzene rings is 2. The van der Waals surface area contributed by atoms with Gasteiger partial charge in [0.05, 0.1) is 6.04 Å². The molecule has 7 heteroatoms. The third kappa shape index (κ3) is 5.28. The highest BCUT2D eigenvalue weighted by Gasteiger charge is 2.21. The fourth-order valence-corrected chi connectivity index (χ4v) is 2.73. The van der Waals surface area contributed by atoms with E-state index in [0.717, 1.165) is 24.9 Å². The summed E-state index contributed by atoms with van der Waals surface area (Å²) >= 11 is 0. The van der Waals surface area contributed by atoms with E-state index >= 15 is 0 Å². The quantitative estimate of drug-likeness (QED) is 0.750. The first-order valence-corrected chi connectivity index (χ1v) is 8.29. The molecule has 0 radical (unpaired) electrons. The average Bonchev–Trinajstić information content (AvgIpc) is 3.17. The molecule has 0 aromatic heterocycles. The summed E-state index contributed by atoms with van der Waals surface area (Å²) in [6.07, 6.45) is 1.89. The molecule has 3 N–H and O–H groups in total. The molecule has 1 aliphatic rings. The van der Waals surface area contributed by atoms with E-state index in [1.807, 2.05) is 12.1 Å². The predicted octanol–water partition coefficient (Wildman–Crippen LogP) is 2.87. The van der Waals surface area contributed by atoms with Crippen molar-refractivity contribution in [2.45, 2.75) is 25.4 Å². The van der Waals surface area contributed by atoms with E-state index in [4.69, 9.17) is 0 Å². The van der Waals surface area contributed by atoms with Crippen molar-refractivity contribution in [3.05, 3.63) is 65.5 Å². The van der Waals surface area contributed by atoms with E-state index in [1.165, 1.54) is 24.3 Å². The summed E-state index contributed by atoms with van der Waals surface area (Å²) in [5, 5.41) is 8.76. The van der Waals surface area contributed by atoms with Gasteiger partial charge < -0.3 is 16.0 Å². The highest BCUT2D eigenvalue weighted by Crippen LogP contribution is 2.12. The summed E-state index contributed by atoms with van der Waals surface area (Å²) in [5.74, 6) is -0.606. The van der Waals surface area contributed by atoms with Gasteiger partial charge in [-0.3, -0.25) is 9.59 Å². The van der Waals surface area contributed by atoms with Crippen molar-refractivity contribution in [2.24, 2.45) is 0 Å². The van der Waals surface area contributed by atoms with Gasteiger partial charge in [0.15, 0.2) is 0 Å².